The minimum atomic E-state index is -3.56. The summed E-state index contributed by atoms with van der Waals surface area (Å²) in [7, 11) is -3.56. The van der Waals surface area contributed by atoms with E-state index >= 15 is 0 Å². The van der Waals surface area contributed by atoms with Crippen LogP contribution in [0.5, 0.6) is 0 Å². The molecule has 0 saturated carbocycles. The summed E-state index contributed by atoms with van der Waals surface area (Å²) < 4.78 is 27.5. The molecule has 1 amide bonds. The lowest BCUT2D eigenvalue weighted by Gasteiger charge is -2.32. The second-order valence-electron chi connectivity index (χ2n) is 7.36. The zero-order valence-corrected chi connectivity index (χ0v) is 16.6. The first-order valence-corrected chi connectivity index (χ1v) is 11.3. The Morgan fingerprint density at radius 3 is 2.33 bits per heavy atom. The fraction of sp³-hybridized carbons (Fsp3) is 0.632. The summed E-state index contributed by atoms with van der Waals surface area (Å²) in [6.07, 6.45) is 3.90. The van der Waals surface area contributed by atoms with Crippen molar-refractivity contribution in [2.45, 2.75) is 30.6 Å². The van der Waals surface area contributed by atoms with Gasteiger partial charge in [0.05, 0.1) is 37.7 Å². The normalized spacial score (nSPS) is 20.4. The second-order valence-corrected chi connectivity index (χ2v) is 9.30. The lowest BCUT2D eigenvalue weighted by Crippen LogP contribution is -3.15. The van der Waals surface area contributed by atoms with Crippen molar-refractivity contribution in [2.24, 2.45) is 0 Å². The van der Waals surface area contributed by atoms with Gasteiger partial charge in [0.15, 0.2) is 0 Å². The molecule has 2 saturated heterocycles. The number of sulfonamides is 1. The van der Waals surface area contributed by atoms with Crippen molar-refractivity contribution in [1.82, 2.24) is 9.21 Å². The number of amides is 1. The fourth-order valence-corrected chi connectivity index (χ4v) is 5.40. The number of carbonyl (C=O) groups is 1. The van der Waals surface area contributed by atoms with Gasteiger partial charge in [-0.1, -0.05) is 18.9 Å². The van der Waals surface area contributed by atoms with Crippen molar-refractivity contribution in [3.8, 4) is 0 Å². The van der Waals surface area contributed by atoms with Crippen molar-refractivity contribution >= 4 is 15.9 Å². The molecule has 0 aromatic heterocycles. The Bertz CT molecular complexity index is 737. The molecule has 2 fully saturated rings. The molecule has 0 atom stereocenters. The number of carbonyl (C=O) groups excluding carboxylic acids is 1. The molecule has 0 bridgehead atoms. The van der Waals surface area contributed by atoms with Crippen molar-refractivity contribution in [3.63, 3.8) is 0 Å². The minimum Gasteiger partial charge on any atom is -0.391 e. The van der Waals surface area contributed by atoms with Crippen molar-refractivity contribution in [1.29, 1.82) is 0 Å². The van der Waals surface area contributed by atoms with E-state index < -0.39 is 10.0 Å². The highest BCUT2D eigenvalue weighted by molar-refractivity contribution is 7.89. The number of aliphatic hydroxyl groups is 1. The number of benzene rings is 1. The van der Waals surface area contributed by atoms with Crippen LogP contribution in [0.15, 0.2) is 29.2 Å². The zero-order chi connectivity index (χ0) is 19.3. The predicted molar refractivity (Wildman–Crippen MR) is 102 cm³/mol. The Balaban J connectivity index is 1.72. The number of nitrogens with one attached hydrogen (secondary N) is 1. The van der Waals surface area contributed by atoms with E-state index in [1.54, 1.807) is 27.4 Å². The van der Waals surface area contributed by atoms with Crippen LogP contribution in [0, 0.1) is 0 Å². The van der Waals surface area contributed by atoms with Crippen LogP contribution in [-0.2, 0) is 10.0 Å². The largest absolute Gasteiger partial charge is 0.391 e. The first-order valence-electron chi connectivity index (χ1n) is 9.86. The van der Waals surface area contributed by atoms with E-state index in [0.717, 1.165) is 38.8 Å². The third kappa shape index (κ3) is 4.87. The Morgan fingerprint density at radius 1 is 1.04 bits per heavy atom. The third-order valence-electron chi connectivity index (χ3n) is 5.51. The summed E-state index contributed by atoms with van der Waals surface area (Å²) in [5.74, 6) is -0.119. The molecule has 0 radical (unpaired) electrons. The van der Waals surface area contributed by atoms with Gasteiger partial charge in [-0.3, -0.25) is 4.79 Å². The number of nitrogens with zero attached hydrogens (tertiary/aromatic N) is 2. The molecule has 0 aliphatic carbocycles. The first kappa shape index (κ1) is 20.3. The van der Waals surface area contributed by atoms with Gasteiger partial charge in [-0.25, -0.2) is 8.42 Å². The maximum atomic E-state index is 13.0. The van der Waals surface area contributed by atoms with Crippen molar-refractivity contribution in [3.05, 3.63) is 29.8 Å². The van der Waals surface area contributed by atoms with E-state index in [2.05, 4.69) is 0 Å². The molecular weight excluding hydrogens is 366 g/mol. The summed E-state index contributed by atoms with van der Waals surface area (Å²) in [5, 5.41) is 9.04. The van der Waals surface area contributed by atoms with Crippen LogP contribution in [0.3, 0.4) is 0 Å². The standard InChI is InChI=1S/C19H29N3O4S/c23-15-14-20-10-12-21(13-11-20)19(24)17-6-5-7-18(16-17)27(25,26)22-8-3-1-2-4-9-22/h5-7,16,23H,1-4,8-15H2/p+1. The molecule has 2 aliphatic heterocycles. The number of rotatable bonds is 5. The SMILES string of the molecule is O=C(c1cccc(S(=O)(=O)N2CCCCCC2)c1)N1CC[NH+](CCO)CC1. The highest BCUT2D eigenvalue weighted by atomic mass is 32.2. The highest BCUT2D eigenvalue weighted by Crippen LogP contribution is 2.21. The topological polar surface area (TPSA) is 82.4 Å². The average Bonchev–Trinajstić information content (AvgIpc) is 2.98. The summed E-state index contributed by atoms with van der Waals surface area (Å²) in [6.45, 7) is 4.81. The van der Waals surface area contributed by atoms with E-state index in [4.69, 9.17) is 5.11 Å². The van der Waals surface area contributed by atoms with Gasteiger partial charge in [-0.2, -0.15) is 4.31 Å². The molecule has 2 aliphatic rings. The Morgan fingerprint density at radius 2 is 1.70 bits per heavy atom. The Hall–Kier alpha value is -1.48. The van der Waals surface area contributed by atoms with Crippen LogP contribution in [0.2, 0.25) is 0 Å². The molecule has 7 nitrogen and oxygen atoms in total. The monoisotopic (exact) mass is 396 g/mol. The number of hydrogen-bond donors (Lipinski definition) is 2. The average molecular weight is 397 g/mol. The van der Waals surface area contributed by atoms with Crippen LogP contribution in [0.1, 0.15) is 36.0 Å². The van der Waals surface area contributed by atoms with Gasteiger partial charge in [0, 0.05) is 18.7 Å². The molecule has 2 heterocycles. The van der Waals surface area contributed by atoms with E-state index in [9.17, 15) is 13.2 Å². The minimum absolute atomic E-state index is 0.119. The molecule has 1 aromatic rings. The summed E-state index contributed by atoms with van der Waals surface area (Å²) in [4.78, 5) is 16.1. The second kappa shape index (κ2) is 9.14. The van der Waals surface area contributed by atoms with Crippen LogP contribution < -0.4 is 4.90 Å². The van der Waals surface area contributed by atoms with E-state index in [0.29, 0.717) is 38.3 Å². The molecule has 2 N–H and O–H groups in total. The van der Waals surface area contributed by atoms with E-state index in [1.807, 2.05) is 0 Å². The van der Waals surface area contributed by atoms with Gasteiger partial charge in [-0.15, -0.1) is 0 Å². The fourth-order valence-electron chi connectivity index (χ4n) is 3.84. The first-order chi connectivity index (χ1) is 13.0. The predicted octanol–water partition coefficient (Wildman–Crippen LogP) is -0.416. The van der Waals surface area contributed by atoms with Crippen LogP contribution >= 0.6 is 0 Å². The van der Waals surface area contributed by atoms with E-state index in [1.165, 1.54) is 11.0 Å². The molecule has 3 rings (SSSR count). The number of hydrogen-bond acceptors (Lipinski definition) is 4. The van der Waals surface area contributed by atoms with E-state index in [-0.39, 0.29) is 17.4 Å². The number of quaternary nitrogens is 1. The van der Waals surface area contributed by atoms with Crippen molar-refractivity contribution < 1.29 is 23.2 Å². The maximum absolute atomic E-state index is 13.0. The molecule has 0 spiro atoms. The van der Waals surface area contributed by atoms with Gasteiger partial charge in [0.2, 0.25) is 10.0 Å². The summed E-state index contributed by atoms with van der Waals surface area (Å²) in [6, 6.07) is 6.46. The summed E-state index contributed by atoms with van der Waals surface area (Å²) in [5.41, 5.74) is 0.427. The highest BCUT2D eigenvalue weighted by Gasteiger charge is 2.28. The Kier molecular flexibility index (Phi) is 6.86. The summed E-state index contributed by atoms with van der Waals surface area (Å²) >= 11 is 0. The van der Waals surface area contributed by atoms with Gasteiger partial charge >= 0.3 is 0 Å². The van der Waals surface area contributed by atoms with Crippen LogP contribution in [0.25, 0.3) is 0 Å². The van der Waals surface area contributed by atoms with Crippen LogP contribution in [-0.4, -0.2) is 81.1 Å². The molecular formula is C19H30N3O4S+. The van der Waals surface area contributed by atoms with Gasteiger partial charge in [-0.05, 0) is 31.0 Å². The smallest absolute Gasteiger partial charge is 0.254 e. The van der Waals surface area contributed by atoms with Gasteiger partial charge in [0.1, 0.15) is 6.54 Å². The zero-order valence-electron chi connectivity index (χ0n) is 15.8. The number of piperazine rings is 1. The Labute approximate surface area is 161 Å². The molecule has 8 heteroatoms. The molecule has 150 valence electrons. The molecule has 0 unspecified atom stereocenters. The van der Waals surface area contributed by atoms with Gasteiger partial charge < -0.3 is 14.9 Å². The quantitative estimate of drug-likeness (QED) is 0.709. The third-order valence-corrected chi connectivity index (χ3v) is 7.40. The van der Waals surface area contributed by atoms with Gasteiger partial charge in [0.25, 0.3) is 5.91 Å². The number of aliphatic hydroxyl groups excluding tert-OH is 1. The molecule has 27 heavy (non-hydrogen) atoms. The van der Waals surface area contributed by atoms with Crippen LogP contribution in [0.4, 0.5) is 0 Å². The molecule has 1 aromatic carbocycles. The van der Waals surface area contributed by atoms with Crippen molar-refractivity contribution in [2.75, 3.05) is 52.4 Å². The lowest BCUT2D eigenvalue weighted by atomic mass is 10.2. The lowest BCUT2D eigenvalue weighted by molar-refractivity contribution is -0.904. The maximum Gasteiger partial charge on any atom is 0.254 e.